The molecule has 4 heterocycles. The number of aliphatic hydroxyl groups excluding tert-OH is 2. The first kappa shape index (κ1) is 15.1. The number of pyridine rings is 1. The minimum absolute atomic E-state index is 0.523. The molecule has 0 saturated carbocycles. The van der Waals surface area contributed by atoms with Gasteiger partial charge in [0.05, 0.1) is 18.3 Å². The van der Waals surface area contributed by atoms with Gasteiger partial charge in [-0.25, -0.2) is 4.98 Å². The molecule has 2 aliphatic heterocycles. The van der Waals surface area contributed by atoms with E-state index in [0.29, 0.717) is 13.0 Å². The first-order valence-corrected chi connectivity index (χ1v) is 8.31. The van der Waals surface area contributed by atoms with Crippen LogP contribution in [0.5, 0.6) is 0 Å². The Morgan fingerprint density at radius 3 is 3.00 bits per heavy atom. The lowest BCUT2D eigenvalue weighted by Gasteiger charge is -2.48. The maximum Gasteiger partial charge on any atom is 0.137 e. The molecule has 1 spiro atoms. The van der Waals surface area contributed by atoms with E-state index in [1.807, 2.05) is 12.3 Å². The maximum absolute atomic E-state index is 10.3. The standard InChI is InChI=1S/C17H23N3O3/c21-14-3-9-23-17(15(14)22)4-7-20(8-5-17)11-12-10-19-16-13(12)2-1-6-18-16/h1-2,6,10,14-15,21-22H,3-5,7-9,11H2,(H,18,19)/t14-,15-/m0/s1. The van der Waals surface area contributed by atoms with Gasteiger partial charge in [0, 0.05) is 37.4 Å². The summed E-state index contributed by atoms with van der Waals surface area (Å²) in [6.07, 6.45) is 4.43. The monoisotopic (exact) mass is 317 g/mol. The lowest BCUT2D eigenvalue weighted by atomic mass is 9.80. The molecule has 3 N–H and O–H groups in total. The number of rotatable bonds is 2. The van der Waals surface area contributed by atoms with Crippen LogP contribution in [0.2, 0.25) is 0 Å². The minimum atomic E-state index is -0.768. The van der Waals surface area contributed by atoms with Crippen LogP contribution >= 0.6 is 0 Å². The SMILES string of the molecule is O[C@H]1CCOC2(CCN(Cc3c[nH]c4ncccc34)CC2)[C@H]1O. The van der Waals surface area contributed by atoms with E-state index < -0.39 is 17.8 Å². The second-order valence-corrected chi connectivity index (χ2v) is 6.70. The molecule has 124 valence electrons. The average molecular weight is 317 g/mol. The maximum atomic E-state index is 10.3. The predicted octanol–water partition coefficient (Wildman–Crippen LogP) is 1.04. The number of aromatic amines is 1. The second kappa shape index (κ2) is 5.87. The van der Waals surface area contributed by atoms with Crippen LogP contribution in [0.1, 0.15) is 24.8 Å². The summed E-state index contributed by atoms with van der Waals surface area (Å²) in [7, 11) is 0. The number of likely N-dealkylation sites (tertiary alicyclic amines) is 1. The number of H-pyrrole nitrogens is 1. The Morgan fingerprint density at radius 2 is 2.17 bits per heavy atom. The van der Waals surface area contributed by atoms with Crippen molar-refractivity contribution in [1.29, 1.82) is 0 Å². The molecule has 6 nitrogen and oxygen atoms in total. The van der Waals surface area contributed by atoms with Gasteiger partial charge < -0.3 is 19.9 Å². The van der Waals surface area contributed by atoms with Crippen molar-refractivity contribution in [3.05, 3.63) is 30.1 Å². The van der Waals surface area contributed by atoms with E-state index in [1.165, 1.54) is 5.56 Å². The van der Waals surface area contributed by atoms with Crippen LogP contribution in [0.15, 0.2) is 24.5 Å². The molecule has 4 rings (SSSR count). The van der Waals surface area contributed by atoms with Crippen molar-refractivity contribution in [2.75, 3.05) is 19.7 Å². The number of aliphatic hydroxyl groups is 2. The molecular formula is C17H23N3O3. The van der Waals surface area contributed by atoms with E-state index in [9.17, 15) is 10.2 Å². The predicted molar refractivity (Wildman–Crippen MR) is 85.9 cm³/mol. The third-order valence-corrected chi connectivity index (χ3v) is 5.34. The zero-order chi connectivity index (χ0) is 15.9. The first-order valence-electron chi connectivity index (χ1n) is 8.31. The van der Waals surface area contributed by atoms with Crippen molar-refractivity contribution >= 4 is 11.0 Å². The van der Waals surface area contributed by atoms with Gasteiger partial charge in [-0.1, -0.05) is 0 Å². The number of ether oxygens (including phenoxy) is 1. The second-order valence-electron chi connectivity index (χ2n) is 6.70. The fourth-order valence-electron chi connectivity index (χ4n) is 3.89. The van der Waals surface area contributed by atoms with Crippen LogP contribution in [-0.4, -0.2) is 62.6 Å². The molecule has 2 aromatic rings. The van der Waals surface area contributed by atoms with Gasteiger partial charge in [0.25, 0.3) is 0 Å². The van der Waals surface area contributed by atoms with Crippen molar-refractivity contribution in [3.8, 4) is 0 Å². The van der Waals surface area contributed by atoms with Crippen molar-refractivity contribution in [2.24, 2.45) is 0 Å². The molecule has 23 heavy (non-hydrogen) atoms. The number of hydrogen-bond acceptors (Lipinski definition) is 5. The molecule has 0 unspecified atom stereocenters. The number of nitrogens with zero attached hydrogens (tertiary/aromatic N) is 2. The van der Waals surface area contributed by atoms with Gasteiger partial charge in [-0.3, -0.25) is 4.90 Å². The zero-order valence-electron chi connectivity index (χ0n) is 13.1. The third kappa shape index (κ3) is 2.65. The van der Waals surface area contributed by atoms with Crippen LogP contribution in [-0.2, 0) is 11.3 Å². The fraction of sp³-hybridized carbons (Fsp3) is 0.588. The van der Waals surface area contributed by atoms with Gasteiger partial charge in [0.1, 0.15) is 11.8 Å². The summed E-state index contributed by atoms with van der Waals surface area (Å²) < 4.78 is 5.89. The van der Waals surface area contributed by atoms with Crippen LogP contribution < -0.4 is 0 Å². The largest absolute Gasteiger partial charge is 0.390 e. The summed E-state index contributed by atoms with van der Waals surface area (Å²) in [5.74, 6) is 0. The highest BCUT2D eigenvalue weighted by molar-refractivity contribution is 5.79. The molecule has 2 fully saturated rings. The molecule has 0 aromatic carbocycles. The van der Waals surface area contributed by atoms with Crippen molar-refractivity contribution < 1.29 is 14.9 Å². The quantitative estimate of drug-likeness (QED) is 0.771. The molecule has 0 aliphatic carbocycles. The van der Waals surface area contributed by atoms with Crippen LogP contribution in [0.25, 0.3) is 11.0 Å². The molecule has 0 bridgehead atoms. The van der Waals surface area contributed by atoms with Crippen LogP contribution in [0, 0.1) is 0 Å². The molecule has 6 heteroatoms. The summed E-state index contributed by atoms with van der Waals surface area (Å²) in [6.45, 7) is 3.11. The Kier molecular flexibility index (Phi) is 3.85. The highest BCUT2D eigenvalue weighted by atomic mass is 16.5. The van der Waals surface area contributed by atoms with E-state index >= 15 is 0 Å². The Balaban J connectivity index is 1.44. The average Bonchev–Trinajstić information content (AvgIpc) is 2.98. The van der Waals surface area contributed by atoms with Crippen molar-refractivity contribution in [2.45, 2.75) is 43.6 Å². The normalized spacial score (nSPS) is 28.4. The summed E-state index contributed by atoms with van der Waals surface area (Å²) in [5, 5.41) is 21.4. The Hall–Kier alpha value is -1.47. The summed E-state index contributed by atoms with van der Waals surface area (Å²) in [4.78, 5) is 9.91. The van der Waals surface area contributed by atoms with Gasteiger partial charge in [-0.15, -0.1) is 0 Å². The lowest BCUT2D eigenvalue weighted by molar-refractivity contribution is -0.214. The van der Waals surface area contributed by atoms with E-state index in [2.05, 4.69) is 20.9 Å². The molecular weight excluding hydrogens is 294 g/mol. The fourth-order valence-corrected chi connectivity index (χ4v) is 3.89. The van der Waals surface area contributed by atoms with Crippen molar-refractivity contribution in [1.82, 2.24) is 14.9 Å². The molecule has 0 amide bonds. The van der Waals surface area contributed by atoms with E-state index in [-0.39, 0.29) is 0 Å². The third-order valence-electron chi connectivity index (χ3n) is 5.34. The number of fused-ring (bicyclic) bond motifs is 1. The number of hydrogen-bond donors (Lipinski definition) is 3. The van der Waals surface area contributed by atoms with Gasteiger partial charge in [0.15, 0.2) is 0 Å². The molecule has 2 atom stereocenters. The van der Waals surface area contributed by atoms with Gasteiger partial charge in [-0.05, 0) is 37.0 Å². The zero-order valence-corrected chi connectivity index (χ0v) is 13.1. The minimum Gasteiger partial charge on any atom is -0.390 e. The van der Waals surface area contributed by atoms with E-state index in [4.69, 9.17) is 4.74 Å². The Bertz CT molecular complexity index is 679. The topological polar surface area (TPSA) is 81.6 Å². The molecule has 2 aliphatic rings. The number of nitrogens with one attached hydrogen (secondary N) is 1. The van der Waals surface area contributed by atoms with Gasteiger partial charge in [-0.2, -0.15) is 0 Å². The van der Waals surface area contributed by atoms with Gasteiger partial charge in [0.2, 0.25) is 0 Å². The molecule has 2 aromatic heterocycles. The summed E-state index contributed by atoms with van der Waals surface area (Å²) in [5.41, 5.74) is 1.61. The highest BCUT2D eigenvalue weighted by Crippen LogP contribution is 2.36. The smallest absolute Gasteiger partial charge is 0.137 e. The molecule has 2 saturated heterocycles. The van der Waals surface area contributed by atoms with Crippen molar-refractivity contribution in [3.63, 3.8) is 0 Å². The Labute approximate surface area is 135 Å². The van der Waals surface area contributed by atoms with Crippen LogP contribution in [0.4, 0.5) is 0 Å². The first-order chi connectivity index (χ1) is 11.2. The molecule has 0 radical (unpaired) electrons. The number of piperidine rings is 1. The van der Waals surface area contributed by atoms with Gasteiger partial charge >= 0.3 is 0 Å². The summed E-state index contributed by atoms with van der Waals surface area (Å²) in [6, 6.07) is 4.04. The van der Waals surface area contributed by atoms with E-state index in [0.717, 1.165) is 43.5 Å². The summed E-state index contributed by atoms with van der Waals surface area (Å²) >= 11 is 0. The number of aromatic nitrogens is 2. The Morgan fingerprint density at radius 1 is 1.35 bits per heavy atom. The van der Waals surface area contributed by atoms with E-state index in [1.54, 1.807) is 6.20 Å². The van der Waals surface area contributed by atoms with Crippen LogP contribution in [0.3, 0.4) is 0 Å². The highest BCUT2D eigenvalue weighted by Gasteiger charge is 2.47. The lowest BCUT2D eigenvalue weighted by Crippen LogP contribution is -2.59.